The molecule has 1 spiro atoms. The Hall–Kier alpha value is -5.88. The van der Waals surface area contributed by atoms with Gasteiger partial charge in [-0.3, -0.25) is 29.4 Å². The SMILES string of the molecule is C=O.CC.CC(/C=C/C1CC2(CCO1)OC2C)=C\CC(C)C(C)CC(CO)NC(=O)/C=C\C(C)C.CC=O.CCC.CN.CNCCCC(CCCCCCN)c1ccc(COC(=O)NNC)cc1.NC=O.NC=O.NC=O.O=CO. The fourth-order valence-corrected chi connectivity index (χ4v) is 7.19. The van der Waals surface area contributed by atoms with E-state index in [0.29, 0.717) is 29.8 Å². The molecule has 0 saturated carbocycles. The summed E-state index contributed by atoms with van der Waals surface area (Å²) in [5.74, 6) is 1.62. The van der Waals surface area contributed by atoms with Crippen LogP contribution in [0.3, 0.4) is 0 Å². The van der Waals surface area contributed by atoms with Gasteiger partial charge in [0.25, 0.3) is 6.47 Å². The van der Waals surface area contributed by atoms with E-state index in [9.17, 15) is 14.7 Å². The van der Waals surface area contributed by atoms with Gasteiger partial charge in [-0.05, 0) is 127 Å². The Morgan fingerprint density at radius 1 is 0.877 bits per heavy atom. The van der Waals surface area contributed by atoms with E-state index in [-0.39, 0.29) is 62.6 Å². The van der Waals surface area contributed by atoms with Crippen LogP contribution >= 0.6 is 0 Å². The summed E-state index contributed by atoms with van der Waals surface area (Å²) in [6.45, 7) is 27.0. The number of carbonyl (C=O) groups excluding carboxylic acids is 7. The number of aldehydes is 1. The predicted octanol–water partition coefficient (Wildman–Crippen LogP) is 6.65. The van der Waals surface area contributed by atoms with Gasteiger partial charge in [-0.1, -0.05) is 135 Å². The van der Waals surface area contributed by atoms with Crippen molar-refractivity contribution in [1.82, 2.24) is 21.5 Å². The van der Waals surface area contributed by atoms with Crippen LogP contribution in [0.5, 0.6) is 0 Å². The van der Waals surface area contributed by atoms with Crippen LogP contribution < -0.4 is 50.2 Å². The fraction of sp³-hybridized carbons (Fsp3) is 0.661. The summed E-state index contributed by atoms with van der Waals surface area (Å²) in [7, 11) is 5.13. The molecule has 5 amide bonds. The van der Waals surface area contributed by atoms with Crippen LogP contribution in [-0.2, 0) is 54.4 Å². The summed E-state index contributed by atoms with van der Waals surface area (Å²) in [6, 6.07) is 8.26. The first-order valence-electron chi connectivity index (χ1n) is 27.9. The van der Waals surface area contributed by atoms with Gasteiger partial charge >= 0.3 is 6.09 Å². The van der Waals surface area contributed by atoms with Crippen molar-refractivity contribution in [2.24, 2.45) is 46.4 Å². The smallest absolute Gasteiger partial charge is 0.421 e. The molecule has 16 N–H and O–H groups in total. The number of nitrogens with one attached hydrogen (secondary N) is 4. The number of hydrogen-bond donors (Lipinski definition) is 11. The zero-order valence-electron chi connectivity index (χ0n) is 52.1. The number of nitrogens with two attached hydrogens (primary N) is 5. The maximum absolute atomic E-state index is 12.0. The quantitative estimate of drug-likeness (QED) is 0.0122. The summed E-state index contributed by atoms with van der Waals surface area (Å²) in [6.07, 6.45) is 24.9. The second-order valence-corrected chi connectivity index (χ2v) is 18.0. The molecule has 22 heteroatoms. The van der Waals surface area contributed by atoms with E-state index in [0.717, 1.165) is 63.7 Å². The predicted molar refractivity (Wildman–Crippen MR) is 328 cm³/mol. The summed E-state index contributed by atoms with van der Waals surface area (Å²) in [4.78, 5) is 74.2. The van der Waals surface area contributed by atoms with Crippen molar-refractivity contribution in [2.45, 2.75) is 190 Å². The number of rotatable bonds is 25. The maximum Gasteiger partial charge on any atom is 0.421 e. The highest BCUT2D eigenvalue weighted by molar-refractivity contribution is 5.87. The number of carbonyl (C=O) groups is 8. The molecular weight excluding hydrogens is 1040 g/mol. The van der Waals surface area contributed by atoms with Crippen molar-refractivity contribution in [2.75, 3.05) is 47.4 Å². The van der Waals surface area contributed by atoms with Crippen LogP contribution in [0.15, 0.2) is 60.2 Å². The highest BCUT2D eigenvalue weighted by atomic mass is 16.6. The lowest BCUT2D eigenvalue weighted by molar-refractivity contribution is -0.123. The van der Waals surface area contributed by atoms with Gasteiger partial charge in [0.1, 0.15) is 19.7 Å². The van der Waals surface area contributed by atoms with Crippen molar-refractivity contribution in [3.8, 4) is 0 Å². The molecule has 3 rings (SSSR count). The zero-order chi connectivity index (χ0) is 64.3. The molecule has 2 aliphatic rings. The van der Waals surface area contributed by atoms with E-state index in [2.05, 4.69) is 128 Å². The largest absolute Gasteiger partial charge is 0.483 e. The Kier molecular flexibility index (Phi) is 81.6. The van der Waals surface area contributed by atoms with Gasteiger partial charge in [0, 0.05) is 19.9 Å². The number of hydrazine groups is 1. The number of allylic oxidation sites excluding steroid dienone is 4. The maximum atomic E-state index is 12.0. The number of amides is 5. The molecule has 2 heterocycles. The average molecular weight is 1160 g/mol. The monoisotopic (exact) mass is 1160 g/mol. The zero-order valence-corrected chi connectivity index (χ0v) is 52.1. The van der Waals surface area contributed by atoms with Gasteiger partial charge in [-0.15, -0.1) is 0 Å². The molecule has 2 saturated heterocycles. The molecule has 2 aliphatic heterocycles. The first kappa shape index (κ1) is 91.6. The molecule has 0 radical (unpaired) electrons. The van der Waals surface area contributed by atoms with Crippen molar-refractivity contribution < 1.29 is 62.8 Å². The van der Waals surface area contributed by atoms with Crippen molar-refractivity contribution in [3.05, 3.63) is 71.3 Å². The standard InChI is InChI=1S/C26H43NO4.C20H36N4O2.C3H8.C2H4O.C2H6.3CH3NO.CH5N.CH2O2.CH2O/c1-18(2)7-12-25(29)27-23(17-28)15-21(5)20(4)10-8-19(3)9-11-24-16-26(13-14-30-24)22(6)31-26;1-22-15-7-9-18(8-5-3-4-6-14-21)19-12-10-17(11-13-19)16-26-20(25)24-23-2;1-3-2;1-2-3;1-2;3*2-1-3;1-2;2-1-3;1-2/h7-9,11-12,18,20-24,28H,10,13-17H2,1-6H3,(H,27,29);10-13,18,22-23H,3-9,14-16,21H2,1-2H3,(H,24,25);3H2,1-2H3;2H,1H3;1-2H3;3*1H,(H2,2,3);2H2,1H3;1H,(H,2,3);1H2/b11-9+,12-7-,19-8+;;;;;;;;;;. The number of carboxylic acid groups (broad SMARTS) is 1. The molecule has 1 aromatic carbocycles. The van der Waals surface area contributed by atoms with Crippen LogP contribution in [-0.4, -0.2) is 132 Å². The fourth-order valence-electron chi connectivity index (χ4n) is 7.19. The molecular formula is C59H115N9O13. The lowest BCUT2D eigenvalue weighted by Gasteiger charge is -2.25. The topological polar surface area (TPSA) is 386 Å². The van der Waals surface area contributed by atoms with E-state index < -0.39 is 6.09 Å². The molecule has 22 nitrogen and oxygen atoms in total. The lowest BCUT2D eigenvalue weighted by Crippen LogP contribution is -2.38. The lowest BCUT2D eigenvalue weighted by atomic mass is 9.87. The second kappa shape index (κ2) is 72.1. The summed E-state index contributed by atoms with van der Waals surface area (Å²) in [5, 5.41) is 22.7. The van der Waals surface area contributed by atoms with E-state index in [1.807, 2.05) is 47.6 Å². The van der Waals surface area contributed by atoms with Crippen LogP contribution in [0.2, 0.25) is 0 Å². The Balaban J connectivity index is -0.000000159. The van der Waals surface area contributed by atoms with E-state index >= 15 is 0 Å². The molecule has 1 aromatic rings. The third-order valence-electron chi connectivity index (χ3n) is 11.2. The van der Waals surface area contributed by atoms with Crippen LogP contribution in [0.4, 0.5) is 4.79 Å². The van der Waals surface area contributed by atoms with Gasteiger partial charge < -0.3 is 73.3 Å². The van der Waals surface area contributed by atoms with E-state index in [1.54, 1.807) is 13.1 Å². The van der Waals surface area contributed by atoms with Gasteiger partial charge in [-0.2, -0.15) is 0 Å². The minimum absolute atomic E-state index is 0.0405. The Morgan fingerprint density at radius 3 is 1.81 bits per heavy atom. The minimum Gasteiger partial charge on any atom is -0.483 e. The number of ether oxygens (including phenoxy) is 3. The van der Waals surface area contributed by atoms with Gasteiger partial charge in [0.15, 0.2) is 0 Å². The van der Waals surface area contributed by atoms with Gasteiger partial charge in [-0.25, -0.2) is 10.2 Å². The number of hydrogen-bond acceptors (Lipinski definition) is 16. The summed E-state index contributed by atoms with van der Waals surface area (Å²) in [5.41, 5.74) is 31.2. The Labute approximate surface area is 488 Å². The van der Waals surface area contributed by atoms with Crippen LogP contribution in [0, 0.1) is 17.8 Å². The molecule has 0 aliphatic carbocycles. The highest BCUT2D eigenvalue weighted by Crippen LogP contribution is 2.46. The van der Waals surface area contributed by atoms with E-state index in [4.69, 9.17) is 53.8 Å². The van der Waals surface area contributed by atoms with E-state index in [1.165, 1.54) is 70.1 Å². The molecule has 0 bridgehead atoms. The second-order valence-electron chi connectivity index (χ2n) is 18.0. The van der Waals surface area contributed by atoms with Crippen molar-refractivity contribution in [1.29, 1.82) is 0 Å². The average Bonchev–Trinajstić information content (AvgIpc) is 4.08. The van der Waals surface area contributed by atoms with Gasteiger partial charge in [0.2, 0.25) is 25.1 Å². The molecule has 474 valence electrons. The number of aliphatic hydroxyl groups excluding tert-OH is 1. The third kappa shape index (κ3) is 63.2. The normalized spacial score (nSPS) is 16.3. The first-order chi connectivity index (χ1) is 38.8. The number of epoxide rings is 1. The van der Waals surface area contributed by atoms with Crippen molar-refractivity contribution in [3.63, 3.8) is 0 Å². The molecule has 2 fully saturated rings. The number of unbranched alkanes of at least 4 members (excludes halogenated alkanes) is 3. The number of primary amides is 3. The molecule has 7 atom stereocenters. The third-order valence-corrected chi connectivity index (χ3v) is 11.2. The van der Waals surface area contributed by atoms with Crippen LogP contribution in [0.25, 0.3) is 0 Å². The molecule has 7 unspecified atom stereocenters. The Bertz CT molecular complexity index is 1620. The number of benzene rings is 1. The van der Waals surface area contributed by atoms with Gasteiger partial charge in [0.05, 0.1) is 37.1 Å². The minimum atomic E-state index is -0.473. The first-order valence-corrected chi connectivity index (χ1v) is 27.9. The Morgan fingerprint density at radius 2 is 1.37 bits per heavy atom. The molecule has 0 aromatic heterocycles. The summed E-state index contributed by atoms with van der Waals surface area (Å²) >= 11 is 0. The summed E-state index contributed by atoms with van der Waals surface area (Å²) < 4.78 is 16.8. The molecule has 81 heavy (non-hydrogen) atoms. The van der Waals surface area contributed by atoms with Crippen LogP contribution in [0.1, 0.15) is 170 Å². The number of aliphatic hydroxyl groups is 1. The van der Waals surface area contributed by atoms with Crippen molar-refractivity contribution >= 4 is 50.8 Å². The highest BCUT2D eigenvalue weighted by Gasteiger charge is 2.55.